The zero-order valence-corrected chi connectivity index (χ0v) is 10.8. The van der Waals surface area contributed by atoms with Gasteiger partial charge >= 0.3 is 0 Å². The summed E-state index contributed by atoms with van der Waals surface area (Å²) >= 11 is 0. The van der Waals surface area contributed by atoms with Gasteiger partial charge in [-0.2, -0.15) is 0 Å². The molecule has 1 aliphatic rings. The van der Waals surface area contributed by atoms with Crippen molar-refractivity contribution in [2.45, 2.75) is 0 Å². The Morgan fingerprint density at radius 3 is 2.72 bits per heavy atom. The van der Waals surface area contributed by atoms with E-state index in [-0.39, 0.29) is 0 Å². The van der Waals surface area contributed by atoms with E-state index in [1.54, 1.807) is 6.20 Å². The van der Waals surface area contributed by atoms with E-state index in [0.29, 0.717) is 5.69 Å². The van der Waals surface area contributed by atoms with Gasteiger partial charge < -0.3 is 10.6 Å². The summed E-state index contributed by atoms with van der Waals surface area (Å²) < 4.78 is 11.4. The van der Waals surface area contributed by atoms with Crippen LogP contribution in [0.15, 0.2) is 30.5 Å². The van der Waals surface area contributed by atoms with Gasteiger partial charge in [0.05, 0.1) is 23.1 Å². The lowest BCUT2D eigenvalue weighted by Gasteiger charge is -2.30. The van der Waals surface area contributed by atoms with Gasteiger partial charge in [0.25, 0.3) is 0 Å². The molecule has 94 valence electrons. The second-order valence-electron chi connectivity index (χ2n) is 4.41. The molecule has 0 atom stereocenters. The molecule has 2 aromatic rings. The van der Waals surface area contributed by atoms with Crippen molar-refractivity contribution < 1.29 is 4.21 Å². The second-order valence-corrected chi connectivity index (χ2v) is 6.11. The summed E-state index contributed by atoms with van der Waals surface area (Å²) in [6, 6.07) is 8.00. The fraction of sp³-hybridized carbons (Fsp3) is 0.308. The first-order valence-electron chi connectivity index (χ1n) is 5.99. The third-order valence-corrected chi connectivity index (χ3v) is 4.55. The number of nitrogens with zero attached hydrogens (tertiary/aromatic N) is 2. The predicted octanol–water partition coefficient (Wildman–Crippen LogP) is 1.39. The van der Waals surface area contributed by atoms with Gasteiger partial charge in [0.15, 0.2) is 0 Å². The van der Waals surface area contributed by atoms with Gasteiger partial charge in [-0.1, -0.05) is 18.2 Å². The Morgan fingerprint density at radius 2 is 1.94 bits per heavy atom. The first kappa shape index (κ1) is 11.5. The van der Waals surface area contributed by atoms with Crippen molar-refractivity contribution in [1.82, 2.24) is 4.98 Å². The highest BCUT2D eigenvalue weighted by atomic mass is 32.2. The van der Waals surface area contributed by atoms with E-state index < -0.39 is 10.8 Å². The van der Waals surface area contributed by atoms with E-state index in [9.17, 15) is 4.21 Å². The van der Waals surface area contributed by atoms with Crippen LogP contribution in [-0.4, -0.2) is 33.8 Å². The van der Waals surface area contributed by atoms with Gasteiger partial charge in [-0.3, -0.25) is 9.19 Å². The molecule has 4 nitrogen and oxygen atoms in total. The maximum Gasteiger partial charge on any atom is 0.0745 e. The number of aromatic nitrogens is 1. The monoisotopic (exact) mass is 261 g/mol. The summed E-state index contributed by atoms with van der Waals surface area (Å²) in [7, 11) is -0.673. The number of pyridine rings is 1. The van der Waals surface area contributed by atoms with Crippen LogP contribution in [-0.2, 0) is 10.8 Å². The highest BCUT2D eigenvalue weighted by Crippen LogP contribution is 2.31. The van der Waals surface area contributed by atoms with Gasteiger partial charge in [0.2, 0.25) is 0 Å². The molecule has 0 amide bonds. The number of anilines is 2. The zero-order valence-electron chi connectivity index (χ0n) is 10.0. The molecule has 0 spiro atoms. The van der Waals surface area contributed by atoms with Crippen molar-refractivity contribution in [1.29, 1.82) is 0 Å². The van der Waals surface area contributed by atoms with Crippen LogP contribution < -0.4 is 10.6 Å². The van der Waals surface area contributed by atoms with Crippen molar-refractivity contribution in [2.75, 3.05) is 35.2 Å². The molecule has 3 rings (SSSR count). The zero-order chi connectivity index (χ0) is 12.5. The molecule has 1 saturated heterocycles. The minimum atomic E-state index is -0.673. The minimum Gasteiger partial charge on any atom is -0.396 e. The number of nitrogen functional groups attached to an aromatic ring is 1. The number of para-hydroxylation sites is 1. The van der Waals surface area contributed by atoms with E-state index >= 15 is 0 Å². The van der Waals surface area contributed by atoms with Crippen LogP contribution in [0.5, 0.6) is 0 Å². The summed E-state index contributed by atoms with van der Waals surface area (Å²) in [6.45, 7) is 1.59. The van der Waals surface area contributed by atoms with Crippen LogP contribution in [0.25, 0.3) is 10.9 Å². The first-order valence-corrected chi connectivity index (χ1v) is 7.47. The standard InChI is InChI=1S/C13H15N3OS/c14-11-9-15-12-4-2-1-3-10(12)13(11)16-5-7-18(17)8-6-16/h1-4,9H,5-8,14H2. The van der Waals surface area contributed by atoms with Gasteiger partial charge in [-0.25, -0.2) is 0 Å². The molecule has 0 unspecified atom stereocenters. The third-order valence-electron chi connectivity index (χ3n) is 3.27. The number of nitrogens with two attached hydrogens (primary N) is 1. The molecule has 1 aromatic carbocycles. The van der Waals surface area contributed by atoms with Gasteiger partial charge in [0, 0.05) is 40.8 Å². The fourth-order valence-electron chi connectivity index (χ4n) is 2.36. The van der Waals surface area contributed by atoms with Gasteiger partial charge in [-0.05, 0) is 6.07 Å². The van der Waals surface area contributed by atoms with Crippen LogP contribution in [0.3, 0.4) is 0 Å². The smallest absolute Gasteiger partial charge is 0.0745 e. The average Bonchev–Trinajstić information content (AvgIpc) is 2.40. The largest absolute Gasteiger partial charge is 0.396 e. The van der Waals surface area contributed by atoms with Crippen LogP contribution in [0.4, 0.5) is 11.4 Å². The number of fused-ring (bicyclic) bond motifs is 1. The molecular formula is C13H15N3OS. The van der Waals surface area contributed by atoms with E-state index in [1.165, 1.54) is 0 Å². The lowest BCUT2D eigenvalue weighted by Crippen LogP contribution is -2.38. The van der Waals surface area contributed by atoms with Crippen LogP contribution in [0, 0.1) is 0 Å². The Labute approximate surface area is 108 Å². The molecule has 18 heavy (non-hydrogen) atoms. The Morgan fingerprint density at radius 1 is 1.22 bits per heavy atom. The fourth-order valence-corrected chi connectivity index (χ4v) is 3.41. The van der Waals surface area contributed by atoms with Crippen LogP contribution in [0.1, 0.15) is 0 Å². The summed E-state index contributed by atoms with van der Waals surface area (Å²) in [6.07, 6.45) is 1.71. The van der Waals surface area contributed by atoms with Gasteiger partial charge in [-0.15, -0.1) is 0 Å². The summed E-state index contributed by atoms with van der Waals surface area (Å²) in [4.78, 5) is 6.56. The minimum absolute atomic E-state index is 0.673. The molecular weight excluding hydrogens is 246 g/mol. The first-order chi connectivity index (χ1) is 8.75. The lowest BCUT2D eigenvalue weighted by molar-refractivity contribution is 0.673. The quantitative estimate of drug-likeness (QED) is 0.842. The number of hydrogen-bond acceptors (Lipinski definition) is 4. The van der Waals surface area contributed by atoms with Crippen molar-refractivity contribution in [3.8, 4) is 0 Å². The topological polar surface area (TPSA) is 59.2 Å². The van der Waals surface area contributed by atoms with Crippen LogP contribution >= 0.6 is 0 Å². The highest BCUT2D eigenvalue weighted by Gasteiger charge is 2.19. The molecule has 2 N–H and O–H groups in total. The number of benzene rings is 1. The molecule has 0 bridgehead atoms. The average molecular weight is 261 g/mol. The SMILES string of the molecule is Nc1cnc2ccccc2c1N1CCS(=O)CC1. The highest BCUT2D eigenvalue weighted by molar-refractivity contribution is 7.85. The second kappa shape index (κ2) is 4.57. The molecule has 0 radical (unpaired) electrons. The van der Waals surface area contributed by atoms with Crippen molar-refractivity contribution in [2.24, 2.45) is 0 Å². The van der Waals surface area contributed by atoms with Crippen LogP contribution in [0.2, 0.25) is 0 Å². The van der Waals surface area contributed by atoms with Crippen molar-refractivity contribution >= 4 is 33.1 Å². The predicted molar refractivity (Wildman–Crippen MR) is 76.2 cm³/mol. The van der Waals surface area contributed by atoms with Gasteiger partial charge in [0.1, 0.15) is 0 Å². The lowest BCUT2D eigenvalue weighted by atomic mass is 10.1. The molecule has 5 heteroatoms. The third kappa shape index (κ3) is 1.95. The Bertz CT molecular complexity index is 604. The van der Waals surface area contributed by atoms with E-state index in [2.05, 4.69) is 9.88 Å². The molecule has 1 aromatic heterocycles. The van der Waals surface area contributed by atoms with E-state index in [1.807, 2.05) is 24.3 Å². The Kier molecular flexibility index (Phi) is 2.91. The molecule has 2 heterocycles. The molecule has 0 saturated carbocycles. The Hall–Kier alpha value is -1.62. The number of rotatable bonds is 1. The number of hydrogen-bond donors (Lipinski definition) is 1. The van der Waals surface area contributed by atoms with Crippen molar-refractivity contribution in [3.63, 3.8) is 0 Å². The summed E-state index contributed by atoms with van der Waals surface area (Å²) in [5.41, 5.74) is 8.76. The molecule has 1 aliphatic heterocycles. The van der Waals surface area contributed by atoms with E-state index in [4.69, 9.17) is 5.73 Å². The maximum atomic E-state index is 11.4. The Balaban J connectivity index is 2.10. The summed E-state index contributed by atoms with van der Waals surface area (Å²) in [5, 5.41) is 1.07. The maximum absolute atomic E-state index is 11.4. The van der Waals surface area contributed by atoms with E-state index in [0.717, 1.165) is 41.2 Å². The molecule has 0 aliphatic carbocycles. The normalized spacial score (nSPS) is 17.2. The summed E-state index contributed by atoms with van der Waals surface area (Å²) in [5.74, 6) is 1.44. The van der Waals surface area contributed by atoms with Crippen molar-refractivity contribution in [3.05, 3.63) is 30.5 Å². The molecule has 1 fully saturated rings.